The third-order valence-corrected chi connectivity index (χ3v) is 3.68. The topological polar surface area (TPSA) is 42.3 Å². The van der Waals surface area contributed by atoms with Gasteiger partial charge >= 0.3 is 0 Å². The highest BCUT2D eigenvalue weighted by molar-refractivity contribution is 7.98. The van der Waals surface area contributed by atoms with E-state index in [0.717, 1.165) is 37.7 Å². The van der Waals surface area contributed by atoms with Crippen molar-refractivity contribution in [3.05, 3.63) is 11.3 Å². The van der Waals surface area contributed by atoms with Gasteiger partial charge in [0, 0.05) is 52.2 Å². The molecular weight excluding hydrogens is 260 g/mol. The fraction of sp³-hybridized carbons (Fsp3) is 0.769. The van der Waals surface area contributed by atoms with Crippen LogP contribution in [0.3, 0.4) is 0 Å². The van der Waals surface area contributed by atoms with Crippen LogP contribution in [0, 0.1) is 6.92 Å². The molecule has 0 saturated carbocycles. The van der Waals surface area contributed by atoms with E-state index in [2.05, 4.69) is 35.5 Å². The van der Waals surface area contributed by atoms with Gasteiger partial charge in [-0.15, -0.1) is 0 Å². The summed E-state index contributed by atoms with van der Waals surface area (Å²) in [5, 5.41) is 7.93. The van der Waals surface area contributed by atoms with Gasteiger partial charge in [0.1, 0.15) is 5.82 Å². The molecule has 0 aliphatic heterocycles. The van der Waals surface area contributed by atoms with Crippen LogP contribution in [-0.2, 0) is 18.3 Å². The summed E-state index contributed by atoms with van der Waals surface area (Å²) in [6.45, 7) is 5.53. The highest BCUT2D eigenvalue weighted by atomic mass is 32.2. The first-order valence-electron chi connectivity index (χ1n) is 6.54. The third kappa shape index (κ3) is 4.71. The molecule has 0 aliphatic rings. The van der Waals surface area contributed by atoms with Crippen molar-refractivity contribution in [2.45, 2.75) is 13.5 Å². The molecule has 0 saturated heterocycles. The lowest BCUT2D eigenvalue weighted by Crippen LogP contribution is -2.26. The molecule has 0 aliphatic carbocycles. The fourth-order valence-corrected chi connectivity index (χ4v) is 2.55. The number of rotatable bonds is 9. The van der Waals surface area contributed by atoms with Crippen LogP contribution in [0.2, 0.25) is 0 Å². The van der Waals surface area contributed by atoms with E-state index in [1.807, 2.05) is 23.5 Å². The molecule has 0 bridgehead atoms. The van der Waals surface area contributed by atoms with Gasteiger partial charge in [-0.2, -0.15) is 16.9 Å². The molecule has 0 amide bonds. The van der Waals surface area contributed by atoms with Gasteiger partial charge in [-0.3, -0.25) is 4.68 Å². The van der Waals surface area contributed by atoms with Crippen LogP contribution in [0.25, 0.3) is 0 Å². The Kier molecular flexibility index (Phi) is 7.27. The number of nitrogens with one attached hydrogen (secondary N) is 1. The summed E-state index contributed by atoms with van der Waals surface area (Å²) >= 11 is 1.86. The van der Waals surface area contributed by atoms with E-state index in [9.17, 15) is 0 Å². The van der Waals surface area contributed by atoms with Crippen molar-refractivity contribution in [3.63, 3.8) is 0 Å². The third-order valence-electron chi connectivity index (χ3n) is 3.09. The molecule has 0 fully saturated rings. The summed E-state index contributed by atoms with van der Waals surface area (Å²) in [7, 11) is 5.86. The van der Waals surface area contributed by atoms with Crippen LogP contribution in [-0.4, -0.2) is 55.6 Å². The normalized spacial score (nSPS) is 11.0. The second-order valence-corrected chi connectivity index (χ2v) is 5.58. The Morgan fingerprint density at radius 2 is 2.21 bits per heavy atom. The lowest BCUT2D eigenvalue weighted by atomic mass is 10.2. The minimum absolute atomic E-state index is 0.733. The van der Waals surface area contributed by atoms with Crippen LogP contribution in [0.5, 0.6) is 0 Å². The van der Waals surface area contributed by atoms with Crippen LogP contribution >= 0.6 is 11.8 Å². The molecule has 110 valence electrons. The first kappa shape index (κ1) is 16.3. The fourth-order valence-electron chi connectivity index (χ4n) is 2.10. The van der Waals surface area contributed by atoms with Crippen molar-refractivity contribution >= 4 is 17.6 Å². The predicted octanol–water partition coefficient (Wildman–Crippen LogP) is 1.26. The number of hydrogen-bond donors (Lipinski definition) is 1. The van der Waals surface area contributed by atoms with Crippen LogP contribution in [0.15, 0.2) is 0 Å². The number of anilines is 1. The van der Waals surface area contributed by atoms with Crippen LogP contribution < -0.4 is 10.2 Å². The lowest BCUT2D eigenvalue weighted by molar-refractivity contribution is 0.199. The van der Waals surface area contributed by atoms with E-state index in [1.54, 1.807) is 7.11 Å². The van der Waals surface area contributed by atoms with Gasteiger partial charge in [0.05, 0.1) is 12.3 Å². The monoisotopic (exact) mass is 286 g/mol. The maximum Gasteiger partial charge on any atom is 0.131 e. The summed E-state index contributed by atoms with van der Waals surface area (Å²) in [6, 6.07) is 0. The van der Waals surface area contributed by atoms with Gasteiger partial charge in [-0.25, -0.2) is 0 Å². The average molecular weight is 286 g/mol. The Labute approximate surface area is 120 Å². The van der Waals surface area contributed by atoms with Crippen molar-refractivity contribution in [1.82, 2.24) is 15.1 Å². The van der Waals surface area contributed by atoms with E-state index in [0.29, 0.717) is 0 Å². The number of ether oxygens (including phenoxy) is 1. The minimum atomic E-state index is 0.733. The first-order valence-corrected chi connectivity index (χ1v) is 7.93. The lowest BCUT2D eigenvalue weighted by Gasteiger charge is -2.20. The molecule has 5 nitrogen and oxygen atoms in total. The number of aromatic nitrogens is 2. The summed E-state index contributed by atoms with van der Waals surface area (Å²) in [5.41, 5.74) is 2.38. The highest BCUT2D eigenvalue weighted by Crippen LogP contribution is 2.22. The molecule has 0 unspecified atom stereocenters. The summed E-state index contributed by atoms with van der Waals surface area (Å²) in [5.74, 6) is 2.33. The molecule has 0 spiro atoms. The smallest absolute Gasteiger partial charge is 0.131 e. The molecule has 19 heavy (non-hydrogen) atoms. The molecule has 1 heterocycles. The quantitative estimate of drug-likeness (QED) is 0.692. The van der Waals surface area contributed by atoms with E-state index in [1.165, 1.54) is 11.4 Å². The van der Waals surface area contributed by atoms with E-state index in [4.69, 9.17) is 4.74 Å². The van der Waals surface area contributed by atoms with E-state index < -0.39 is 0 Å². The summed E-state index contributed by atoms with van der Waals surface area (Å²) < 4.78 is 7.02. The van der Waals surface area contributed by atoms with E-state index >= 15 is 0 Å². The van der Waals surface area contributed by atoms with Crippen molar-refractivity contribution < 1.29 is 4.74 Å². The Morgan fingerprint density at radius 1 is 1.47 bits per heavy atom. The zero-order valence-corrected chi connectivity index (χ0v) is 13.5. The Balaban J connectivity index is 2.72. The molecule has 0 atom stereocenters. The largest absolute Gasteiger partial charge is 0.383 e. The molecular formula is C13H26N4OS. The second kappa shape index (κ2) is 8.45. The van der Waals surface area contributed by atoms with Gasteiger partial charge < -0.3 is 15.0 Å². The zero-order chi connectivity index (χ0) is 14.3. The first-order chi connectivity index (χ1) is 9.11. The number of hydrogen-bond acceptors (Lipinski definition) is 5. The highest BCUT2D eigenvalue weighted by Gasteiger charge is 2.16. The Morgan fingerprint density at radius 3 is 2.84 bits per heavy atom. The van der Waals surface area contributed by atoms with Crippen molar-refractivity contribution in [1.29, 1.82) is 0 Å². The summed E-state index contributed by atoms with van der Waals surface area (Å²) in [6.07, 6.45) is 2.13. The van der Waals surface area contributed by atoms with Crippen LogP contribution in [0.1, 0.15) is 11.3 Å². The second-order valence-electron chi connectivity index (χ2n) is 4.60. The Hall–Kier alpha value is -0.720. The standard InChI is InChI=1S/C13H26N4OS/c1-11-12(10-14-6-8-18-4)13(17(3)15-11)16(2)7-9-19-5/h14H,6-10H2,1-5H3. The van der Waals surface area contributed by atoms with Gasteiger partial charge in [0.15, 0.2) is 0 Å². The molecule has 1 rings (SSSR count). The summed E-state index contributed by atoms with van der Waals surface area (Å²) in [4.78, 5) is 2.28. The van der Waals surface area contributed by atoms with Crippen LogP contribution in [0.4, 0.5) is 5.82 Å². The van der Waals surface area contributed by atoms with Gasteiger partial charge in [0.2, 0.25) is 0 Å². The molecule has 1 aromatic heterocycles. The van der Waals surface area contributed by atoms with Gasteiger partial charge in [-0.05, 0) is 13.2 Å². The minimum Gasteiger partial charge on any atom is -0.383 e. The molecule has 1 N–H and O–H groups in total. The van der Waals surface area contributed by atoms with Crippen molar-refractivity contribution in [3.8, 4) is 0 Å². The Bertz CT molecular complexity index is 381. The number of methoxy groups -OCH3 is 1. The SMILES string of the molecule is COCCNCc1c(C)nn(C)c1N(C)CCSC. The number of aryl methyl sites for hydroxylation is 2. The molecule has 0 aromatic carbocycles. The van der Waals surface area contributed by atoms with Crippen molar-refractivity contribution in [2.24, 2.45) is 7.05 Å². The molecule has 0 radical (unpaired) electrons. The average Bonchev–Trinajstić information content (AvgIpc) is 2.66. The molecule has 6 heteroatoms. The van der Waals surface area contributed by atoms with Crippen molar-refractivity contribution in [2.75, 3.05) is 50.8 Å². The number of thioether (sulfide) groups is 1. The maximum atomic E-state index is 5.05. The maximum absolute atomic E-state index is 5.05. The molecule has 1 aromatic rings. The zero-order valence-electron chi connectivity index (χ0n) is 12.7. The number of nitrogens with zero attached hydrogens (tertiary/aromatic N) is 3. The van der Waals surface area contributed by atoms with Gasteiger partial charge in [-0.1, -0.05) is 0 Å². The van der Waals surface area contributed by atoms with E-state index in [-0.39, 0.29) is 0 Å². The predicted molar refractivity (Wildman–Crippen MR) is 83.2 cm³/mol. The van der Waals surface area contributed by atoms with Gasteiger partial charge in [0.25, 0.3) is 0 Å².